The van der Waals surface area contributed by atoms with E-state index in [2.05, 4.69) is 13.5 Å². The Morgan fingerprint density at radius 2 is 2.14 bits per heavy atom. The third-order valence-corrected chi connectivity index (χ3v) is 1.35. The van der Waals surface area contributed by atoms with Gasteiger partial charge in [0.25, 0.3) is 0 Å². The molecular weight excluding hydrogens is 184 g/mol. The lowest BCUT2D eigenvalue weighted by Crippen LogP contribution is -2.24. The van der Waals surface area contributed by atoms with Crippen molar-refractivity contribution in [2.24, 2.45) is 0 Å². The summed E-state index contributed by atoms with van der Waals surface area (Å²) in [6, 6.07) is 0. The van der Waals surface area contributed by atoms with Crippen LogP contribution in [-0.2, 0) is 14.3 Å². The zero-order chi connectivity index (χ0) is 11.0. The Hall–Kier alpha value is -0.870. The standard InChI is InChI=1S/C10H17O4/c1-4-5-13-6-9(11)7-14-10(12)8(2)3/h9,11H,1-2,4-7H2,3H3. The first kappa shape index (κ1) is 13.1. The average Bonchev–Trinajstić information content (AvgIpc) is 2.14. The maximum atomic E-state index is 10.9. The molecule has 1 atom stereocenters. The highest BCUT2D eigenvalue weighted by Gasteiger charge is 2.08. The van der Waals surface area contributed by atoms with Crippen molar-refractivity contribution in [2.45, 2.75) is 19.4 Å². The van der Waals surface area contributed by atoms with Gasteiger partial charge in [-0.05, 0) is 13.3 Å². The molecule has 0 amide bonds. The second kappa shape index (κ2) is 7.53. The molecule has 0 aliphatic heterocycles. The summed E-state index contributed by atoms with van der Waals surface area (Å²) in [7, 11) is 0. The van der Waals surface area contributed by atoms with Gasteiger partial charge in [-0.15, -0.1) is 0 Å². The van der Waals surface area contributed by atoms with Gasteiger partial charge in [0.05, 0.1) is 6.61 Å². The molecule has 0 aliphatic rings. The van der Waals surface area contributed by atoms with Gasteiger partial charge in [-0.2, -0.15) is 0 Å². The quantitative estimate of drug-likeness (QED) is 0.374. The van der Waals surface area contributed by atoms with Crippen LogP contribution in [0.15, 0.2) is 12.2 Å². The third kappa shape index (κ3) is 6.62. The van der Waals surface area contributed by atoms with E-state index in [1.165, 1.54) is 0 Å². The summed E-state index contributed by atoms with van der Waals surface area (Å²) in [4.78, 5) is 10.9. The van der Waals surface area contributed by atoms with Crippen LogP contribution >= 0.6 is 0 Å². The molecular formula is C10H17O4. The fourth-order valence-electron chi connectivity index (χ4n) is 0.665. The van der Waals surface area contributed by atoms with Gasteiger partial charge >= 0.3 is 5.97 Å². The van der Waals surface area contributed by atoms with E-state index >= 15 is 0 Å². The van der Waals surface area contributed by atoms with Crippen molar-refractivity contribution in [1.29, 1.82) is 0 Å². The summed E-state index contributed by atoms with van der Waals surface area (Å²) in [5.74, 6) is -0.499. The number of hydrogen-bond acceptors (Lipinski definition) is 4. The van der Waals surface area contributed by atoms with Crippen molar-refractivity contribution in [3.05, 3.63) is 19.1 Å². The molecule has 0 saturated carbocycles. The van der Waals surface area contributed by atoms with Gasteiger partial charge in [-0.3, -0.25) is 0 Å². The minimum atomic E-state index is -0.787. The van der Waals surface area contributed by atoms with E-state index in [-0.39, 0.29) is 13.2 Å². The Kier molecular flexibility index (Phi) is 7.06. The molecule has 0 aromatic rings. The second-order valence-electron chi connectivity index (χ2n) is 2.96. The number of rotatable bonds is 7. The number of esters is 1. The largest absolute Gasteiger partial charge is 0.460 e. The predicted octanol–water partition coefficient (Wildman–Crippen LogP) is 0.707. The molecule has 0 spiro atoms. The van der Waals surface area contributed by atoms with Crippen LogP contribution in [-0.4, -0.2) is 37.0 Å². The van der Waals surface area contributed by atoms with E-state index < -0.39 is 12.1 Å². The first-order valence-electron chi connectivity index (χ1n) is 4.45. The lowest BCUT2D eigenvalue weighted by molar-refractivity contribution is -0.143. The van der Waals surface area contributed by atoms with E-state index in [9.17, 15) is 9.90 Å². The highest BCUT2D eigenvalue weighted by atomic mass is 16.5. The van der Waals surface area contributed by atoms with E-state index in [0.717, 1.165) is 0 Å². The number of carbonyl (C=O) groups excluding carboxylic acids is 1. The Morgan fingerprint density at radius 1 is 1.50 bits per heavy atom. The van der Waals surface area contributed by atoms with Gasteiger partial charge in [-0.1, -0.05) is 13.5 Å². The molecule has 81 valence electrons. The molecule has 1 N–H and O–H groups in total. The fraction of sp³-hybridized carbons (Fsp3) is 0.600. The molecule has 1 radical (unpaired) electrons. The molecule has 0 heterocycles. The number of hydrogen-bond donors (Lipinski definition) is 1. The van der Waals surface area contributed by atoms with Gasteiger partial charge in [0.1, 0.15) is 12.7 Å². The Balaban J connectivity index is 3.48. The maximum Gasteiger partial charge on any atom is 0.333 e. The van der Waals surface area contributed by atoms with Gasteiger partial charge in [-0.25, -0.2) is 4.79 Å². The van der Waals surface area contributed by atoms with Gasteiger partial charge in [0, 0.05) is 12.2 Å². The first-order chi connectivity index (χ1) is 6.57. The zero-order valence-corrected chi connectivity index (χ0v) is 8.49. The van der Waals surface area contributed by atoms with E-state index in [4.69, 9.17) is 9.47 Å². The zero-order valence-electron chi connectivity index (χ0n) is 8.49. The number of ether oxygens (including phenoxy) is 2. The van der Waals surface area contributed by atoms with Crippen molar-refractivity contribution in [3.63, 3.8) is 0 Å². The van der Waals surface area contributed by atoms with Crippen LogP contribution in [0, 0.1) is 6.92 Å². The van der Waals surface area contributed by atoms with Crippen LogP contribution in [0.25, 0.3) is 0 Å². The van der Waals surface area contributed by atoms with Crippen LogP contribution in [0.4, 0.5) is 0 Å². The Bertz CT molecular complexity index is 189. The summed E-state index contributed by atoms with van der Waals surface area (Å²) in [5.41, 5.74) is 0.316. The molecule has 0 bridgehead atoms. The van der Waals surface area contributed by atoms with E-state index in [1.807, 2.05) is 0 Å². The highest BCUT2D eigenvalue weighted by molar-refractivity contribution is 5.86. The lowest BCUT2D eigenvalue weighted by Gasteiger charge is -2.11. The average molecular weight is 201 g/mol. The van der Waals surface area contributed by atoms with Crippen molar-refractivity contribution in [2.75, 3.05) is 19.8 Å². The summed E-state index contributed by atoms with van der Waals surface area (Å²) >= 11 is 0. The van der Waals surface area contributed by atoms with Crippen molar-refractivity contribution in [1.82, 2.24) is 0 Å². The van der Waals surface area contributed by atoms with Crippen molar-refractivity contribution >= 4 is 5.97 Å². The van der Waals surface area contributed by atoms with Gasteiger partial charge in [0.15, 0.2) is 0 Å². The molecule has 0 aromatic heterocycles. The molecule has 0 fully saturated rings. The molecule has 0 aliphatic carbocycles. The summed E-state index contributed by atoms with van der Waals surface area (Å²) < 4.78 is 9.72. The Morgan fingerprint density at radius 3 is 2.64 bits per heavy atom. The minimum Gasteiger partial charge on any atom is -0.460 e. The number of carbonyl (C=O) groups is 1. The molecule has 0 rings (SSSR count). The summed E-state index contributed by atoms with van der Waals surface area (Å²) in [5, 5.41) is 9.25. The van der Waals surface area contributed by atoms with E-state index in [1.54, 1.807) is 6.92 Å². The Labute approximate surface area is 84.5 Å². The van der Waals surface area contributed by atoms with Crippen LogP contribution in [0.2, 0.25) is 0 Å². The summed E-state index contributed by atoms with van der Waals surface area (Å²) in [6.45, 7) is 9.12. The molecule has 1 unspecified atom stereocenters. The van der Waals surface area contributed by atoms with E-state index in [0.29, 0.717) is 18.6 Å². The number of aliphatic hydroxyl groups is 1. The molecule has 14 heavy (non-hydrogen) atoms. The molecule has 4 nitrogen and oxygen atoms in total. The van der Waals surface area contributed by atoms with Crippen LogP contribution < -0.4 is 0 Å². The van der Waals surface area contributed by atoms with Crippen LogP contribution in [0.1, 0.15) is 13.3 Å². The SMILES string of the molecule is [CH2]CCOCC(O)COC(=O)C(=C)C. The predicted molar refractivity (Wildman–Crippen MR) is 52.6 cm³/mol. The minimum absolute atomic E-state index is 0.0666. The topological polar surface area (TPSA) is 55.8 Å². The lowest BCUT2D eigenvalue weighted by atomic mass is 10.3. The van der Waals surface area contributed by atoms with Crippen molar-refractivity contribution in [3.8, 4) is 0 Å². The van der Waals surface area contributed by atoms with Gasteiger partial charge < -0.3 is 14.6 Å². The van der Waals surface area contributed by atoms with Crippen LogP contribution in [0.3, 0.4) is 0 Å². The first-order valence-corrected chi connectivity index (χ1v) is 4.45. The third-order valence-electron chi connectivity index (χ3n) is 1.35. The monoisotopic (exact) mass is 201 g/mol. The highest BCUT2D eigenvalue weighted by Crippen LogP contribution is 1.95. The molecule has 4 heteroatoms. The normalized spacial score (nSPS) is 12.2. The fourth-order valence-corrected chi connectivity index (χ4v) is 0.665. The summed E-state index contributed by atoms with van der Waals surface area (Å²) in [6.07, 6.45) is -0.136. The number of aliphatic hydroxyl groups excluding tert-OH is 1. The van der Waals surface area contributed by atoms with Gasteiger partial charge in [0.2, 0.25) is 0 Å². The smallest absolute Gasteiger partial charge is 0.333 e. The molecule has 0 aromatic carbocycles. The van der Waals surface area contributed by atoms with Crippen LogP contribution in [0.5, 0.6) is 0 Å². The second-order valence-corrected chi connectivity index (χ2v) is 2.96. The molecule has 0 saturated heterocycles. The van der Waals surface area contributed by atoms with Crippen molar-refractivity contribution < 1.29 is 19.4 Å². The maximum absolute atomic E-state index is 10.9.